The largest absolute Gasteiger partial charge is 0.333 e. The van der Waals surface area contributed by atoms with Crippen molar-refractivity contribution in [3.05, 3.63) is 16.1 Å². The molecule has 16 heavy (non-hydrogen) atoms. The van der Waals surface area contributed by atoms with Crippen molar-refractivity contribution in [2.75, 3.05) is 0 Å². The van der Waals surface area contributed by atoms with Crippen LogP contribution < -0.4 is 10.6 Å². The fourth-order valence-electron chi connectivity index (χ4n) is 0.912. The molecular formula is C9H12ClN3O2S. The number of rotatable bonds is 3. The van der Waals surface area contributed by atoms with E-state index in [1.54, 1.807) is 5.51 Å². The summed E-state index contributed by atoms with van der Waals surface area (Å²) in [7, 11) is 0. The van der Waals surface area contributed by atoms with Crippen molar-refractivity contribution in [3.8, 4) is 0 Å². The third-order valence-corrected chi connectivity index (χ3v) is 2.99. The lowest BCUT2D eigenvalue weighted by molar-refractivity contribution is -0.119. The molecule has 7 heteroatoms. The molecule has 0 fully saturated rings. The van der Waals surface area contributed by atoms with Crippen molar-refractivity contribution in [3.63, 3.8) is 0 Å². The van der Waals surface area contributed by atoms with Crippen LogP contribution >= 0.6 is 22.9 Å². The molecule has 1 atom stereocenters. The van der Waals surface area contributed by atoms with E-state index in [-0.39, 0.29) is 0 Å². The Labute approximate surface area is 102 Å². The van der Waals surface area contributed by atoms with Crippen LogP contribution in [0.25, 0.3) is 0 Å². The first kappa shape index (κ1) is 12.9. The minimum atomic E-state index is -0.726. The fourth-order valence-corrected chi connectivity index (χ4v) is 1.68. The van der Waals surface area contributed by atoms with Gasteiger partial charge in [0.2, 0.25) is 5.91 Å². The SMILES string of the molecule is Cc1ncsc1CNC(=O)NC(=O)C(C)Cl. The van der Waals surface area contributed by atoms with Crippen LogP contribution in [0.4, 0.5) is 4.79 Å². The monoisotopic (exact) mass is 261 g/mol. The van der Waals surface area contributed by atoms with Crippen molar-refractivity contribution < 1.29 is 9.59 Å². The maximum atomic E-state index is 11.2. The molecular weight excluding hydrogens is 250 g/mol. The molecule has 1 unspecified atom stereocenters. The molecule has 1 aromatic rings. The third kappa shape index (κ3) is 3.79. The van der Waals surface area contributed by atoms with Crippen LogP contribution in [0.1, 0.15) is 17.5 Å². The number of halogens is 1. The Morgan fingerprint density at radius 2 is 2.31 bits per heavy atom. The molecule has 0 saturated heterocycles. The van der Waals surface area contributed by atoms with Crippen molar-refractivity contribution in [1.29, 1.82) is 0 Å². The van der Waals surface area contributed by atoms with E-state index in [1.165, 1.54) is 18.3 Å². The van der Waals surface area contributed by atoms with E-state index >= 15 is 0 Å². The van der Waals surface area contributed by atoms with Crippen molar-refractivity contribution in [2.24, 2.45) is 0 Å². The smallest absolute Gasteiger partial charge is 0.321 e. The standard InChI is InChI=1S/C9H12ClN3O2S/c1-5(10)8(14)13-9(15)11-3-7-6(2)12-4-16-7/h4-5H,3H2,1-2H3,(H2,11,13,14,15). The lowest BCUT2D eigenvalue weighted by Gasteiger charge is -2.06. The number of imide groups is 1. The van der Waals surface area contributed by atoms with Gasteiger partial charge in [-0.1, -0.05) is 0 Å². The number of nitrogens with zero attached hydrogens (tertiary/aromatic N) is 1. The molecule has 0 spiro atoms. The first-order valence-corrected chi connectivity index (χ1v) is 5.94. The van der Waals surface area contributed by atoms with E-state index in [2.05, 4.69) is 15.6 Å². The van der Waals surface area contributed by atoms with Gasteiger partial charge < -0.3 is 5.32 Å². The third-order valence-electron chi connectivity index (χ3n) is 1.85. The molecule has 0 aliphatic rings. The summed E-state index contributed by atoms with van der Waals surface area (Å²) in [6.07, 6.45) is 0. The van der Waals surface area contributed by atoms with Gasteiger partial charge in [-0.15, -0.1) is 22.9 Å². The van der Waals surface area contributed by atoms with Crippen LogP contribution in [0.5, 0.6) is 0 Å². The number of carbonyl (C=O) groups is 2. The fraction of sp³-hybridized carbons (Fsp3) is 0.444. The van der Waals surface area contributed by atoms with Gasteiger partial charge in [0, 0.05) is 4.88 Å². The quantitative estimate of drug-likeness (QED) is 0.808. The molecule has 1 heterocycles. The zero-order chi connectivity index (χ0) is 12.1. The summed E-state index contributed by atoms with van der Waals surface area (Å²) < 4.78 is 0. The average Bonchev–Trinajstić information content (AvgIpc) is 2.61. The molecule has 1 aromatic heterocycles. The lowest BCUT2D eigenvalue weighted by atomic mass is 10.4. The molecule has 3 amide bonds. The average molecular weight is 262 g/mol. The molecule has 0 radical (unpaired) electrons. The Morgan fingerprint density at radius 3 is 2.81 bits per heavy atom. The van der Waals surface area contributed by atoms with E-state index < -0.39 is 17.3 Å². The number of hydrogen-bond acceptors (Lipinski definition) is 4. The van der Waals surface area contributed by atoms with Gasteiger partial charge in [-0.3, -0.25) is 10.1 Å². The predicted octanol–water partition coefficient (Wildman–Crippen LogP) is 1.40. The summed E-state index contributed by atoms with van der Waals surface area (Å²) in [5, 5.41) is 3.95. The van der Waals surface area contributed by atoms with E-state index in [0.29, 0.717) is 6.54 Å². The highest BCUT2D eigenvalue weighted by atomic mass is 35.5. The second kappa shape index (κ2) is 5.81. The Bertz CT molecular complexity index is 392. The highest BCUT2D eigenvalue weighted by molar-refractivity contribution is 7.09. The van der Waals surface area contributed by atoms with Crippen LogP contribution in [0, 0.1) is 6.92 Å². The maximum absolute atomic E-state index is 11.2. The summed E-state index contributed by atoms with van der Waals surface area (Å²) in [6.45, 7) is 3.71. The van der Waals surface area contributed by atoms with Crippen LogP contribution in [0.3, 0.4) is 0 Å². The summed E-state index contributed by atoms with van der Waals surface area (Å²) in [6, 6.07) is -0.551. The molecule has 5 nitrogen and oxygen atoms in total. The minimum Gasteiger partial charge on any atom is -0.333 e. The minimum absolute atomic E-state index is 0.353. The molecule has 88 valence electrons. The van der Waals surface area contributed by atoms with Crippen LogP contribution in [0.2, 0.25) is 0 Å². The van der Waals surface area contributed by atoms with E-state index in [4.69, 9.17) is 11.6 Å². The molecule has 0 aromatic carbocycles. The van der Waals surface area contributed by atoms with Gasteiger partial charge in [-0.25, -0.2) is 9.78 Å². The predicted molar refractivity (Wildman–Crippen MR) is 62.5 cm³/mol. The van der Waals surface area contributed by atoms with Gasteiger partial charge in [0.1, 0.15) is 5.38 Å². The van der Waals surface area contributed by atoms with Crippen molar-refractivity contribution in [2.45, 2.75) is 25.8 Å². The molecule has 0 bridgehead atoms. The summed E-state index contributed by atoms with van der Waals surface area (Å²) in [4.78, 5) is 27.3. The number of nitrogens with one attached hydrogen (secondary N) is 2. The highest BCUT2D eigenvalue weighted by Gasteiger charge is 2.12. The van der Waals surface area contributed by atoms with Crippen LogP contribution in [0.15, 0.2) is 5.51 Å². The topological polar surface area (TPSA) is 71.1 Å². The molecule has 0 aliphatic carbocycles. The number of aromatic nitrogens is 1. The number of thiazole rings is 1. The van der Waals surface area contributed by atoms with E-state index in [0.717, 1.165) is 10.6 Å². The van der Waals surface area contributed by atoms with E-state index in [1.807, 2.05) is 6.92 Å². The van der Waals surface area contributed by atoms with Gasteiger partial charge in [-0.2, -0.15) is 0 Å². The van der Waals surface area contributed by atoms with E-state index in [9.17, 15) is 9.59 Å². The summed E-state index contributed by atoms with van der Waals surface area (Å²) >= 11 is 6.95. The van der Waals surface area contributed by atoms with Crippen molar-refractivity contribution in [1.82, 2.24) is 15.6 Å². The second-order valence-corrected chi connectivity index (χ2v) is 4.74. The molecule has 2 N–H and O–H groups in total. The Kier molecular flexibility index (Phi) is 4.70. The Hall–Kier alpha value is -1.14. The normalized spacial score (nSPS) is 11.9. The first-order chi connectivity index (χ1) is 7.50. The van der Waals surface area contributed by atoms with Crippen LogP contribution in [-0.2, 0) is 11.3 Å². The van der Waals surface area contributed by atoms with Gasteiger partial charge in [0.15, 0.2) is 0 Å². The summed E-state index contributed by atoms with van der Waals surface area (Å²) in [5.74, 6) is -0.514. The van der Waals surface area contributed by atoms with Gasteiger partial charge in [0.25, 0.3) is 0 Å². The number of carbonyl (C=O) groups excluding carboxylic acids is 2. The maximum Gasteiger partial charge on any atom is 0.321 e. The number of aryl methyl sites for hydroxylation is 1. The van der Waals surface area contributed by atoms with Crippen molar-refractivity contribution >= 4 is 34.9 Å². The number of amides is 3. The molecule has 1 rings (SSSR count). The number of alkyl halides is 1. The van der Waals surface area contributed by atoms with Gasteiger partial charge in [-0.05, 0) is 13.8 Å². The zero-order valence-electron chi connectivity index (χ0n) is 8.91. The highest BCUT2D eigenvalue weighted by Crippen LogP contribution is 2.10. The molecule has 0 saturated carbocycles. The first-order valence-electron chi connectivity index (χ1n) is 4.62. The Balaban J connectivity index is 2.36. The lowest BCUT2D eigenvalue weighted by Crippen LogP contribution is -2.41. The Morgan fingerprint density at radius 1 is 1.62 bits per heavy atom. The second-order valence-electron chi connectivity index (χ2n) is 3.15. The van der Waals surface area contributed by atoms with Crippen LogP contribution in [-0.4, -0.2) is 22.3 Å². The molecule has 0 aliphatic heterocycles. The van der Waals surface area contributed by atoms with Gasteiger partial charge in [0.05, 0.1) is 17.7 Å². The zero-order valence-corrected chi connectivity index (χ0v) is 10.5. The summed E-state index contributed by atoms with van der Waals surface area (Å²) in [5.41, 5.74) is 2.58. The number of urea groups is 1. The number of hydrogen-bond donors (Lipinski definition) is 2. The van der Waals surface area contributed by atoms with Gasteiger partial charge >= 0.3 is 6.03 Å².